The molecule has 0 saturated heterocycles. The SMILES string of the molecule is O=c1o[nH][n+]2c1[C@H]1C[C@H]1C2. The first-order valence-electron chi connectivity index (χ1n) is 3.47. The van der Waals surface area contributed by atoms with Gasteiger partial charge in [0.25, 0.3) is 5.69 Å². The second-order valence-corrected chi connectivity index (χ2v) is 3.08. The van der Waals surface area contributed by atoms with Crippen molar-refractivity contribution in [2.45, 2.75) is 18.9 Å². The van der Waals surface area contributed by atoms with Crippen molar-refractivity contribution in [2.75, 3.05) is 0 Å². The molecular weight excluding hydrogens is 132 g/mol. The zero-order valence-electron chi connectivity index (χ0n) is 5.33. The molecule has 4 nitrogen and oxygen atoms in total. The molecule has 2 atom stereocenters. The molecule has 1 aliphatic heterocycles. The van der Waals surface area contributed by atoms with Gasteiger partial charge in [0, 0.05) is 5.92 Å². The first-order chi connectivity index (χ1) is 4.86. The molecular formula is C6H7N2O2+. The molecule has 2 heterocycles. The molecule has 0 unspecified atom stereocenters. The van der Waals surface area contributed by atoms with E-state index in [9.17, 15) is 4.79 Å². The van der Waals surface area contributed by atoms with E-state index in [1.807, 2.05) is 4.68 Å². The monoisotopic (exact) mass is 139 g/mol. The van der Waals surface area contributed by atoms with Crippen LogP contribution in [-0.4, -0.2) is 5.27 Å². The van der Waals surface area contributed by atoms with Crippen LogP contribution in [0.15, 0.2) is 9.32 Å². The largest absolute Gasteiger partial charge is 0.430 e. The van der Waals surface area contributed by atoms with Crippen LogP contribution in [0.5, 0.6) is 0 Å². The standard InChI is InChI=1S/C6H6N2O2/c9-6-5-4-1-3(4)2-8(5)7-10-6/h3-4H,1-2H2/p+1/t3-,4-/m0/s1. The molecule has 0 bridgehead atoms. The molecule has 1 fully saturated rings. The highest BCUT2D eigenvalue weighted by Gasteiger charge is 2.56. The molecule has 1 aromatic rings. The van der Waals surface area contributed by atoms with Gasteiger partial charge in [-0.2, -0.15) is 0 Å². The van der Waals surface area contributed by atoms with Crippen LogP contribution in [-0.2, 0) is 6.54 Å². The van der Waals surface area contributed by atoms with Crippen LogP contribution in [0.1, 0.15) is 18.0 Å². The minimum atomic E-state index is -0.176. The molecule has 52 valence electrons. The van der Waals surface area contributed by atoms with Gasteiger partial charge in [-0.25, -0.2) is 4.79 Å². The molecule has 4 heteroatoms. The lowest BCUT2D eigenvalue weighted by Crippen LogP contribution is -2.37. The van der Waals surface area contributed by atoms with E-state index in [1.54, 1.807) is 0 Å². The lowest BCUT2D eigenvalue weighted by molar-refractivity contribution is -0.761. The number of nitrogens with one attached hydrogen (secondary N) is 1. The van der Waals surface area contributed by atoms with Crippen molar-refractivity contribution < 1.29 is 9.20 Å². The number of fused-ring (bicyclic) bond motifs is 3. The molecule has 0 aromatic carbocycles. The van der Waals surface area contributed by atoms with E-state index in [4.69, 9.17) is 0 Å². The fraction of sp³-hybridized carbons (Fsp3) is 0.667. The Bertz CT molecular complexity index is 338. The average molecular weight is 139 g/mol. The van der Waals surface area contributed by atoms with Gasteiger partial charge in [-0.05, 0) is 11.7 Å². The number of nitrogens with zero attached hydrogens (tertiary/aromatic N) is 1. The third kappa shape index (κ3) is 0.364. The summed E-state index contributed by atoms with van der Waals surface area (Å²) in [6, 6.07) is 0. The number of aromatic nitrogens is 2. The quantitative estimate of drug-likeness (QED) is 0.486. The smallest absolute Gasteiger partial charge is 0.283 e. The maximum absolute atomic E-state index is 10.9. The van der Waals surface area contributed by atoms with Crippen LogP contribution in [0, 0.1) is 5.92 Å². The Morgan fingerprint density at radius 2 is 2.60 bits per heavy atom. The predicted octanol–water partition coefficient (Wildman–Crippen LogP) is -0.628. The second-order valence-electron chi connectivity index (χ2n) is 3.08. The van der Waals surface area contributed by atoms with Crippen molar-refractivity contribution in [3.05, 3.63) is 16.1 Å². The first-order valence-corrected chi connectivity index (χ1v) is 3.47. The summed E-state index contributed by atoms with van der Waals surface area (Å²) in [6.07, 6.45) is 1.18. The van der Waals surface area contributed by atoms with E-state index < -0.39 is 0 Å². The van der Waals surface area contributed by atoms with Gasteiger partial charge in [-0.1, -0.05) is 4.68 Å². The van der Waals surface area contributed by atoms with Crippen LogP contribution >= 0.6 is 0 Å². The number of hydrogen-bond acceptors (Lipinski definition) is 2. The van der Waals surface area contributed by atoms with Crippen LogP contribution in [0.2, 0.25) is 0 Å². The predicted molar refractivity (Wildman–Crippen MR) is 30.4 cm³/mol. The Balaban J connectivity index is 2.35. The zero-order chi connectivity index (χ0) is 6.72. The second kappa shape index (κ2) is 1.19. The van der Waals surface area contributed by atoms with E-state index in [0.29, 0.717) is 5.92 Å². The van der Waals surface area contributed by atoms with Gasteiger partial charge in [0.15, 0.2) is 6.54 Å². The highest BCUT2D eigenvalue weighted by atomic mass is 16.5. The topological polar surface area (TPSA) is 49.9 Å². The summed E-state index contributed by atoms with van der Waals surface area (Å²) in [4.78, 5) is 10.9. The molecule has 0 spiro atoms. The minimum Gasteiger partial charge on any atom is -0.283 e. The van der Waals surface area contributed by atoms with Crippen LogP contribution < -0.4 is 10.3 Å². The van der Waals surface area contributed by atoms with Crippen LogP contribution in [0.4, 0.5) is 0 Å². The lowest BCUT2D eigenvalue weighted by atomic mass is 10.3. The van der Waals surface area contributed by atoms with Crippen molar-refractivity contribution in [1.29, 1.82) is 0 Å². The summed E-state index contributed by atoms with van der Waals surface area (Å²) in [5, 5.41) is 2.58. The molecule has 1 N–H and O–H groups in total. The molecule has 3 rings (SSSR count). The maximum Gasteiger partial charge on any atom is 0.430 e. The zero-order valence-corrected chi connectivity index (χ0v) is 5.33. The van der Waals surface area contributed by atoms with Gasteiger partial charge >= 0.3 is 5.63 Å². The summed E-state index contributed by atoms with van der Waals surface area (Å²) in [6.45, 7) is 0.950. The summed E-state index contributed by atoms with van der Waals surface area (Å²) < 4.78 is 6.44. The third-order valence-corrected chi connectivity index (χ3v) is 2.44. The molecule has 0 radical (unpaired) electrons. The highest BCUT2D eigenvalue weighted by molar-refractivity contribution is 5.11. The summed E-state index contributed by atoms with van der Waals surface area (Å²) in [5.74, 6) is 1.25. The van der Waals surface area contributed by atoms with Gasteiger partial charge < -0.3 is 0 Å². The van der Waals surface area contributed by atoms with Crippen molar-refractivity contribution in [3.8, 4) is 0 Å². The Morgan fingerprint density at radius 3 is 3.40 bits per heavy atom. The fourth-order valence-electron chi connectivity index (χ4n) is 1.81. The molecule has 0 amide bonds. The van der Waals surface area contributed by atoms with E-state index >= 15 is 0 Å². The van der Waals surface area contributed by atoms with E-state index in [2.05, 4.69) is 9.79 Å². The summed E-state index contributed by atoms with van der Waals surface area (Å²) >= 11 is 0. The highest BCUT2D eigenvalue weighted by Crippen LogP contribution is 2.48. The van der Waals surface area contributed by atoms with Crippen molar-refractivity contribution in [3.63, 3.8) is 0 Å². The van der Waals surface area contributed by atoms with Crippen LogP contribution in [0.25, 0.3) is 0 Å². The normalized spacial score (nSPS) is 33.6. The van der Waals surface area contributed by atoms with Gasteiger partial charge in [0.2, 0.25) is 0 Å². The first kappa shape index (κ1) is 4.71. The van der Waals surface area contributed by atoms with Crippen LogP contribution in [0.3, 0.4) is 0 Å². The number of H-pyrrole nitrogens is 1. The fourth-order valence-corrected chi connectivity index (χ4v) is 1.81. The molecule has 10 heavy (non-hydrogen) atoms. The third-order valence-electron chi connectivity index (χ3n) is 2.44. The van der Waals surface area contributed by atoms with Crippen molar-refractivity contribution >= 4 is 0 Å². The Morgan fingerprint density at radius 1 is 1.70 bits per heavy atom. The minimum absolute atomic E-state index is 0.176. The van der Waals surface area contributed by atoms with E-state index in [-0.39, 0.29) is 5.63 Å². The summed E-state index contributed by atoms with van der Waals surface area (Å²) in [5.41, 5.74) is 0.676. The molecule has 1 aromatic heterocycles. The maximum atomic E-state index is 10.9. The van der Waals surface area contributed by atoms with Crippen molar-refractivity contribution in [1.82, 2.24) is 5.27 Å². The average Bonchev–Trinajstić information content (AvgIpc) is 2.40. The van der Waals surface area contributed by atoms with Crippen molar-refractivity contribution in [2.24, 2.45) is 5.92 Å². The Labute approximate surface area is 56.4 Å². The van der Waals surface area contributed by atoms with E-state index in [1.165, 1.54) is 6.42 Å². The number of hydrogen-bond donors (Lipinski definition) is 1. The Hall–Kier alpha value is -1.06. The van der Waals surface area contributed by atoms with E-state index in [0.717, 1.165) is 18.2 Å². The number of aromatic amines is 1. The summed E-state index contributed by atoms with van der Waals surface area (Å²) in [7, 11) is 0. The van der Waals surface area contributed by atoms with Gasteiger partial charge in [0.05, 0.1) is 5.92 Å². The molecule has 1 saturated carbocycles. The molecule has 2 aliphatic rings. The number of rotatable bonds is 0. The van der Waals surface area contributed by atoms with Gasteiger partial charge in [0.1, 0.15) is 0 Å². The molecule has 1 aliphatic carbocycles. The van der Waals surface area contributed by atoms with Gasteiger partial charge in [-0.3, -0.25) is 4.52 Å². The Kier molecular flexibility index (Phi) is 0.560. The van der Waals surface area contributed by atoms with Gasteiger partial charge in [-0.15, -0.1) is 0 Å². The lowest BCUT2D eigenvalue weighted by Gasteiger charge is -1.79.